The van der Waals surface area contributed by atoms with Gasteiger partial charge in [-0.3, -0.25) is 4.90 Å². The zero-order valence-electron chi connectivity index (χ0n) is 16.9. The lowest BCUT2D eigenvalue weighted by Crippen LogP contribution is -2.49. The zero-order valence-corrected chi connectivity index (χ0v) is 18.5. The molecule has 0 atom stereocenters. The van der Waals surface area contributed by atoms with Crippen molar-refractivity contribution in [1.29, 1.82) is 0 Å². The van der Waals surface area contributed by atoms with E-state index in [0.717, 1.165) is 22.5 Å². The van der Waals surface area contributed by atoms with Crippen molar-refractivity contribution < 1.29 is 19.4 Å². The predicted molar refractivity (Wildman–Crippen MR) is 120 cm³/mol. The molecule has 10 heteroatoms. The molecular weight excluding hydrogens is 455 g/mol. The number of amides is 1. The van der Waals surface area contributed by atoms with Gasteiger partial charge in [-0.1, -0.05) is 35.3 Å². The van der Waals surface area contributed by atoms with E-state index in [1.54, 1.807) is 17.0 Å². The molecule has 8 nitrogen and oxygen atoms in total. The van der Waals surface area contributed by atoms with Crippen molar-refractivity contribution >= 4 is 35.2 Å². The Morgan fingerprint density at radius 2 is 1.72 bits per heavy atom. The Labute approximate surface area is 194 Å². The molecule has 2 heterocycles. The van der Waals surface area contributed by atoms with Crippen LogP contribution in [0, 0.1) is 0 Å². The molecule has 2 aromatic carbocycles. The van der Waals surface area contributed by atoms with Gasteiger partial charge in [-0.25, -0.2) is 9.59 Å². The quantitative estimate of drug-likeness (QED) is 0.586. The molecule has 0 aliphatic carbocycles. The molecule has 4 rings (SSSR count). The second-order valence-corrected chi connectivity index (χ2v) is 8.17. The van der Waals surface area contributed by atoms with Crippen LogP contribution >= 0.6 is 23.2 Å². The summed E-state index contributed by atoms with van der Waals surface area (Å²) in [4.78, 5) is 27.6. The number of carbonyl (C=O) groups excluding carboxylic acids is 1. The van der Waals surface area contributed by atoms with Crippen molar-refractivity contribution in [3.8, 4) is 11.5 Å². The van der Waals surface area contributed by atoms with Crippen molar-refractivity contribution in [2.75, 3.05) is 26.2 Å². The van der Waals surface area contributed by atoms with Gasteiger partial charge in [-0.15, -0.1) is 0 Å². The summed E-state index contributed by atoms with van der Waals surface area (Å²) >= 11 is 11.8. The molecule has 0 unspecified atom stereocenters. The molecular formula is C22H20Cl2N4O4. The van der Waals surface area contributed by atoms with Gasteiger partial charge in [0, 0.05) is 37.7 Å². The maximum Gasteiger partial charge on any atom is 0.357 e. The average Bonchev–Trinajstić information content (AvgIpc) is 3.18. The lowest BCUT2D eigenvalue weighted by atomic mass is 10.2. The number of halogens is 2. The summed E-state index contributed by atoms with van der Waals surface area (Å²) in [5.41, 5.74) is 0.764. The maximum atomic E-state index is 12.6. The number of aromatic nitrogens is 2. The number of aromatic carboxylic acids is 1. The molecule has 3 aromatic rings. The van der Waals surface area contributed by atoms with Gasteiger partial charge in [0.2, 0.25) is 0 Å². The number of hydrogen-bond donors (Lipinski definition) is 1. The van der Waals surface area contributed by atoms with E-state index in [1.165, 1.54) is 6.20 Å². The van der Waals surface area contributed by atoms with Crippen LogP contribution in [0.1, 0.15) is 16.1 Å². The van der Waals surface area contributed by atoms with Crippen LogP contribution < -0.4 is 4.74 Å². The second-order valence-electron chi connectivity index (χ2n) is 7.32. The molecule has 1 N–H and O–H groups in total. The van der Waals surface area contributed by atoms with Crippen LogP contribution in [0.25, 0.3) is 0 Å². The Kier molecular flexibility index (Phi) is 6.64. The normalized spacial score (nSPS) is 14.4. The maximum absolute atomic E-state index is 12.6. The standard InChI is InChI=1S/C22H20Cl2N4O4/c23-16-4-6-17(7-5-16)32-18-3-1-2-15(12-18)13-26-8-10-27(11-9-26)22(31)28-14-19(24)20(25-28)21(29)30/h1-7,12,14H,8-11,13H2,(H,29,30). The molecule has 1 aromatic heterocycles. The minimum absolute atomic E-state index is 0.0646. The SMILES string of the molecule is O=C(O)c1nn(C(=O)N2CCN(Cc3cccc(Oc4ccc(Cl)cc4)c3)CC2)cc1Cl. The van der Waals surface area contributed by atoms with E-state index in [4.69, 9.17) is 33.0 Å². The number of piperazine rings is 1. The largest absolute Gasteiger partial charge is 0.476 e. The van der Waals surface area contributed by atoms with Gasteiger partial charge < -0.3 is 14.7 Å². The van der Waals surface area contributed by atoms with Crippen molar-refractivity contribution in [3.63, 3.8) is 0 Å². The summed E-state index contributed by atoms with van der Waals surface area (Å²) < 4.78 is 6.88. The number of carboxylic acids is 1. The highest BCUT2D eigenvalue weighted by atomic mass is 35.5. The Hall–Kier alpha value is -3.07. The number of ether oxygens (including phenoxy) is 1. The van der Waals surface area contributed by atoms with E-state index in [2.05, 4.69) is 10.00 Å². The van der Waals surface area contributed by atoms with Crippen LogP contribution in [0.3, 0.4) is 0 Å². The fourth-order valence-electron chi connectivity index (χ4n) is 3.44. The highest BCUT2D eigenvalue weighted by Gasteiger charge is 2.25. The third kappa shape index (κ3) is 5.21. The van der Waals surface area contributed by atoms with Gasteiger partial charge in [-0.2, -0.15) is 9.78 Å². The number of carbonyl (C=O) groups is 2. The second kappa shape index (κ2) is 9.60. The number of benzene rings is 2. The van der Waals surface area contributed by atoms with Gasteiger partial charge in [0.1, 0.15) is 11.5 Å². The summed E-state index contributed by atoms with van der Waals surface area (Å²) in [6.45, 7) is 3.07. The Morgan fingerprint density at radius 1 is 1.00 bits per heavy atom. The van der Waals surface area contributed by atoms with Gasteiger partial charge in [0.15, 0.2) is 5.69 Å². The van der Waals surface area contributed by atoms with Crippen LogP contribution in [-0.4, -0.2) is 62.9 Å². The summed E-state index contributed by atoms with van der Waals surface area (Å²) in [6.07, 6.45) is 1.23. The van der Waals surface area contributed by atoms with Gasteiger partial charge >= 0.3 is 12.0 Å². The lowest BCUT2D eigenvalue weighted by molar-refractivity contribution is 0.0690. The van der Waals surface area contributed by atoms with Crippen LogP contribution in [0.5, 0.6) is 11.5 Å². The summed E-state index contributed by atoms with van der Waals surface area (Å²) in [7, 11) is 0. The topological polar surface area (TPSA) is 87.9 Å². The van der Waals surface area contributed by atoms with Crippen molar-refractivity contribution in [1.82, 2.24) is 19.6 Å². The lowest BCUT2D eigenvalue weighted by Gasteiger charge is -2.34. The predicted octanol–water partition coefficient (Wildman–Crippen LogP) is 4.47. The number of nitrogens with zero attached hydrogens (tertiary/aromatic N) is 4. The van der Waals surface area contributed by atoms with E-state index >= 15 is 0 Å². The van der Waals surface area contributed by atoms with Crippen molar-refractivity contribution in [2.24, 2.45) is 0 Å². The Morgan fingerprint density at radius 3 is 2.38 bits per heavy atom. The minimum Gasteiger partial charge on any atom is -0.476 e. The molecule has 1 aliphatic rings. The molecule has 1 amide bonds. The zero-order chi connectivity index (χ0) is 22.7. The molecule has 0 bridgehead atoms. The molecule has 32 heavy (non-hydrogen) atoms. The third-order valence-corrected chi connectivity index (χ3v) is 5.59. The summed E-state index contributed by atoms with van der Waals surface area (Å²) in [6, 6.07) is 14.7. The third-order valence-electron chi connectivity index (χ3n) is 5.06. The monoisotopic (exact) mass is 474 g/mol. The summed E-state index contributed by atoms with van der Waals surface area (Å²) in [5.74, 6) is 0.181. The molecule has 166 valence electrons. The highest BCUT2D eigenvalue weighted by molar-refractivity contribution is 6.33. The van der Waals surface area contributed by atoms with Crippen LogP contribution in [0.2, 0.25) is 10.0 Å². The van der Waals surface area contributed by atoms with E-state index in [1.807, 2.05) is 36.4 Å². The minimum atomic E-state index is -1.27. The van der Waals surface area contributed by atoms with Crippen molar-refractivity contribution in [2.45, 2.75) is 6.54 Å². The van der Waals surface area contributed by atoms with Gasteiger partial charge in [-0.05, 0) is 42.0 Å². The first-order valence-corrected chi connectivity index (χ1v) is 10.7. The van der Waals surface area contributed by atoms with Crippen LogP contribution in [-0.2, 0) is 6.54 Å². The summed E-state index contributed by atoms with van der Waals surface area (Å²) in [5, 5.41) is 13.4. The van der Waals surface area contributed by atoms with E-state index < -0.39 is 12.0 Å². The Balaban J connectivity index is 1.33. The smallest absolute Gasteiger partial charge is 0.357 e. The molecule has 1 saturated heterocycles. The van der Waals surface area contributed by atoms with Crippen LogP contribution in [0.15, 0.2) is 54.7 Å². The number of carboxylic acid groups (broad SMARTS) is 1. The molecule has 1 aliphatic heterocycles. The fraction of sp³-hybridized carbons (Fsp3) is 0.227. The number of hydrogen-bond acceptors (Lipinski definition) is 5. The first-order chi connectivity index (χ1) is 15.4. The van der Waals surface area contributed by atoms with Crippen molar-refractivity contribution in [3.05, 3.63) is 76.0 Å². The van der Waals surface area contributed by atoms with Gasteiger partial charge in [0.25, 0.3) is 0 Å². The molecule has 0 radical (unpaired) electrons. The first kappa shape index (κ1) is 22.1. The van der Waals surface area contributed by atoms with E-state index in [9.17, 15) is 9.59 Å². The van der Waals surface area contributed by atoms with Gasteiger partial charge in [0.05, 0.1) is 11.2 Å². The highest BCUT2D eigenvalue weighted by Crippen LogP contribution is 2.24. The first-order valence-electron chi connectivity index (χ1n) is 9.91. The average molecular weight is 475 g/mol. The fourth-order valence-corrected chi connectivity index (χ4v) is 3.78. The van der Waals surface area contributed by atoms with E-state index in [-0.39, 0.29) is 10.7 Å². The van der Waals surface area contributed by atoms with Crippen LogP contribution in [0.4, 0.5) is 4.79 Å². The molecule has 0 saturated carbocycles. The Bertz CT molecular complexity index is 1130. The molecule has 0 spiro atoms. The molecule has 1 fully saturated rings. The number of rotatable bonds is 5. The van der Waals surface area contributed by atoms with E-state index in [0.29, 0.717) is 37.0 Å².